The first-order valence-electron chi connectivity index (χ1n) is 5.19. The minimum absolute atomic E-state index is 0.116. The van der Waals surface area contributed by atoms with Gasteiger partial charge >= 0.3 is 0 Å². The molecule has 1 unspecified atom stereocenters. The lowest BCUT2D eigenvalue weighted by Crippen LogP contribution is -2.33. The van der Waals surface area contributed by atoms with Crippen LogP contribution in [0, 0.1) is 12.7 Å². The molecule has 2 rings (SSSR count). The second kappa shape index (κ2) is 4.01. The molecular formula is C12H14FNO. The van der Waals surface area contributed by atoms with E-state index < -0.39 is 0 Å². The summed E-state index contributed by atoms with van der Waals surface area (Å²) in [6.07, 6.45) is 1.43. The molecule has 1 aromatic carbocycles. The highest BCUT2D eigenvalue weighted by Crippen LogP contribution is 2.24. The summed E-state index contributed by atoms with van der Waals surface area (Å²) in [5.74, 6) is 0.283. The number of halogens is 1. The van der Waals surface area contributed by atoms with Crippen LogP contribution >= 0.6 is 0 Å². The number of benzene rings is 1. The van der Waals surface area contributed by atoms with E-state index in [4.69, 9.17) is 0 Å². The first kappa shape index (κ1) is 10.1. The summed E-state index contributed by atoms with van der Waals surface area (Å²) >= 11 is 0. The first-order valence-corrected chi connectivity index (χ1v) is 5.19. The molecule has 1 aromatic rings. The van der Waals surface area contributed by atoms with Crippen molar-refractivity contribution < 1.29 is 9.18 Å². The molecule has 80 valence electrons. The molecule has 0 aromatic heterocycles. The van der Waals surface area contributed by atoms with E-state index in [0.717, 1.165) is 12.0 Å². The van der Waals surface area contributed by atoms with E-state index >= 15 is 0 Å². The highest BCUT2D eigenvalue weighted by Gasteiger charge is 2.19. The molecule has 0 saturated carbocycles. The largest absolute Gasteiger partial charge is 0.355 e. The number of hydrogen-bond acceptors (Lipinski definition) is 1. The minimum atomic E-state index is -0.168. The van der Waals surface area contributed by atoms with Gasteiger partial charge in [-0.25, -0.2) is 4.39 Å². The molecule has 1 saturated heterocycles. The van der Waals surface area contributed by atoms with Crippen molar-refractivity contribution in [2.24, 2.45) is 0 Å². The molecule has 1 aliphatic rings. The third-order valence-corrected chi connectivity index (χ3v) is 2.92. The van der Waals surface area contributed by atoms with Crippen LogP contribution in [0.4, 0.5) is 4.39 Å². The van der Waals surface area contributed by atoms with E-state index in [1.807, 2.05) is 12.1 Å². The highest BCUT2D eigenvalue weighted by molar-refractivity contribution is 5.76. The molecule has 15 heavy (non-hydrogen) atoms. The van der Waals surface area contributed by atoms with E-state index in [-0.39, 0.29) is 11.7 Å². The van der Waals surface area contributed by atoms with E-state index in [2.05, 4.69) is 5.32 Å². The van der Waals surface area contributed by atoms with Crippen LogP contribution in [0.15, 0.2) is 18.2 Å². The van der Waals surface area contributed by atoms with E-state index in [1.165, 1.54) is 6.07 Å². The summed E-state index contributed by atoms with van der Waals surface area (Å²) in [7, 11) is 0. The fourth-order valence-electron chi connectivity index (χ4n) is 1.94. The van der Waals surface area contributed by atoms with Gasteiger partial charge in [0.25, 0.3) is 0 Å². The molecule has 0 radical (unpaired) electrons. The lowest BCUT2D eigenvalue weighted by Gasteiger charge is -2.23. The third kappa shape index (κ3) is 2.17. The van der Waals surface area contributed by atoms with Crippen LogP contribution in [-0.2, 0) is 4.79 Å². The number of rotatable bonds is 1. The Hall–Kier alpha value is -1.38. The van der Waals surface area contributed by atoms with Crippen molar-refractivity contribution in [2.75, 3.05) is 6.54 Å². The van der Waals surface area contributed by atoms with Crippen LogP contribution in [0.2, 0.25) is 0 Å². The Balaban J connectivity index is 2.16. The monoisotopic (exact) mass is 207 g/mol. The summed E-state index contributed by atoms with van der Waals surface area (Å²) in [6, 6.07) is 5.18. The van der Waals surface area contributed by atoms with Crippen molar-refractivity contribution in [3.05, 3.63) is 35.1 Å². The number of amides is 1. The van der Waals surface area contributed by atoms with Gasteiger partial charge in [0.15, 0.2) is 0 Å². The summed E-state index contributed by atoms with van der Waals surface area (Å²) in [5, 5.41) is 2.83. The van der Waals surface area contributed by atoms with Crippen molar-refractivity contribution in [1.29, 1.82) is 0 Å². The van der Waals surface area contributed by atoms with Gasteiger partial charge in [-0.15, -0.1) is 0 Å². The highest BCUT2D eigenvalue weighted by atomic mass is 19.1. The van der Waals surface area contributed by atoms with E-state index in [1.54, 1.807) is 6.92 Å². The topological polar surface area (TPSA) is 29.1 Å². The van der Waals surface area contributed by atoms with Gasteiger partial charge < -0.3 is 5.32 Å². The maximum absolute atomic E-state index is 13.1. The number of nitrogens with one attached hydrogen (secondary N) is 1. The Bertz CT molecular complexity index is 379. The third-order valence-electron chi connectivity index (χ3n) is 2.92. The molecule has 0 bridgehead atoms. The number of piperidine rings is 1. The Morgan fingerprint density at radius 2 is 2.27 bits per heavy atom. The average molecular weight is 207 g/mol. The Morgan fingerprint density at radius 3 is 2.87 bits per heavy atom. The fourth-order valence-corrected chi connectivity index (χ4v) is 1.94. The molecule has 1 amide bonds. The molecule has 1 atom stereocenters. The number of hydrogen-bond donors (Lipinski definition) is 1. The zero-order chi connectivity index (χ0) is 10.8. The molecular weight excluding hydrogens is 193 g/mol. The summed E-state index contributed by atoms with van der Waals surface area (Å²) in [4.78, 5) is 11.0. The van der Waals surface area contributed by atoms with Crippen molar-refractivity contribution in [3.8, 4) is 0 Å². The Labute approximate surface area is 88.5 Å². The van der Waals surface area contributed by atoms with Gasteiger partial charge in [0.1, 0.15) is 5.82 Å². The van der Waals surface area contributed by atoms with Crippen molar-refractivity contribution in [1.82, 2.24) is 5.32 Å². The lowest BCUT2D eigenvalue weighted by molar-refractivity contribution is -0.122. The predicted molar refractivity (Wildman–Crippen MR) is 56.1 cm³/mol. The van der Waals surface area contributed by atoms with Crippen LogP contribution in [0.3, 0.4) is 0 Å². The summed E-state index contributed by atoms with van der Waals surface area (Å²) < 4.78 is 13.1. The second-order valence-corrected chi connectivity index (χ2v) is 4.05. The van der Waals surface area contributed by atoms with Crippen molar-refractivity contribution in [2.45, 2.75) is 25.7 Å². The molecule has 1 aliphatic heterocycles. The fraction of sp³-hybridized carbons (Fsp3) is 0.417. The van der Waals surface area contributed by atoms with Crippen LogP contribution in [0.5, 0.6) is 0 Å². The number of aryl methyl sites for hydroxylation is 1. The standard InChI is InChI=1S/C12H14FNO/c1-8-6-9(2-4-11(8)13)10-3-5-12(15)14-7-10/h2,4,6,10H,3,5,7H2,1H3,(H,14,15). The molecule has 2 nitrogen and oxygen atoms in total. The lowest BCUT2D eigenvalue weighted by atomic mass is 9.90. The van der Waals surface area contributed by atoms with Gasteiger partial charge in [-0.2, -0.15) is 0 Å². The smallest absolute Gasteiger partial charge is 0.220 e. The van der Waals surface area contributed by atoms with Crippen LogP contribution < -0.4 is 5.32 Å². The normalized spacial score (nSPS) is 21.2. The van der Waals surface area contributed by atoms with Gasteiger partial charge in [-0.3, -0.25) is 4.79 Å². The zero-order valence-corrected chi connectivity index (χ0v) is 8.72. The molecule has 1 fully saturated rings. The zero-order valence-electron chi connectivity index (χ0n) is 8.72. The molecule has 3 heteroatoms. The van der Waals surface area contributed by atoms with Crippen LogP contribution in [0.25, 0.3) is 0 Å². The maximum atomic E-state index is 13.1. The molecule has 0 spiro atoms. The van der Waals surface area contributed by atoms with Gasteiger partial charge in [-0.05, 0) is 30.5 Å². The molecule has 1 N–H and O–H groups in total. The van der Waals surface area contributed by atoms with Crippen molar-refractivity contribution in [3.63, 3.8) is 0 Å². The SMILES string of the molecule is Cc1cc(C2CCC(=O)NC2)ccc1F. The minimum Gasteiger partial charge on any atom is -0.355 e. The van der Waals surface area contributed by atoms with Crippen LogP contribution in [0.1, 0.15) is 29.9 Å². The van der Waals surface area contributed by atoms with Crippen molar-refractivity contribution >= 4 is 5.91 Å². The first-order chi connectivity index (χ1) is 7.16. The van der Waals surface area contributed by atoms with Gasteiger partial charge in [-0.1, -0.05) is 12.1 Å². The van der Waals surface area contributed by atoms with E-state index in [0.29, 0.717) is 24.4 Å². The number of carbonyl (C=O) groups excluding carboxylic acids is 1. The van der Waals surface area contributed by atoms with Crippen LogP contribution in [-0.4, -0.2) is 12.5 Å². The molecule has 0 aliphatic carbocycles. The maximum Gasteiger partial charge on any atom is 0.220 e. The Morgan fingerprint density at radius 1 is 1.47 bits per heavy atom. The quantitative estimate of drug-likeness (QED) is 0.751. The van der Waals surface area contributed by atoms with E-state index in [9.17, 15) is 9.18 Å². The summed E-state index contributed by atoms with van der Waals surface area (Å²) in [6.45, 7) is 2.43. The van der Waals surface area contributed by atoms with Gasteiger partial charge in [0.2, 0.25) is 5.91 Å². The second-order valence-electron chi connectivity index (χ2n) is 4.05. The molecule has 1 heterocycles. The number of carbonyl (C=O) groups is 1. The average Bonchev–Trinajstić information content (AvgIpc) is 2.23. The Kier molecular flexibility index (Phi) is 2.71. The van der Waals surface area contributed by atoms with Gasteiger partial charge in [0.05, 0.1) is 0 Å². The van der Waals surface area contributed by atoms with Gasteiger partial charge in [0, 0.05) is 18.9 Å². The predicted octanol–water partition coefficient (Wildman–Crippen LogP) is 2.13. The summed E-state index contributed by atoms with van der Waals surface area (Å²) in [5.41, 5.74) is 1.79.